The van der Waals surface area contributed by atoms with Gasteiger partial charge in [-0.15, -0.1) is 0 Å². The fourth-order valence-electron chi connectivity index (χ4n) is 2.08. The number of hydrogen-bond donors (Lipinski definition) is 1. The van der Waals surface area contributed by atoms with E-state index >= 15 is 0 Å². The minimum atomic E-state index is -0.421. The lowest BCUT2D eigenvalue weighted by Gasteiger charge is -2.15. The Morgan fingerprint density at radius 1 is 1.44 bits per heavy atom. The highest BCUT2D eigenvalue weighted by Gasteiger charge is 2.17. The third-order valence-corrected chi connectivity index (χ3v) is 3.61. The minimum absolute atomic E-state index is 0.00537. The maximum absolute atomic E-state index is 10.9. The molecule has 98 valence electrons. The third-order valence-electron chi connectivity index (χ3n) is 3.00. The van der Waals surface area contributed by atoms with Crippen molar-refractivity contribution in [3.63, 3.8) is 0 Å². The lowest BCUT2D eigenvalue weighted by atomic mass is 10.3. The van der Waals surface area contributed by atoms with Crippen LogP contribution in [0.25, 0.3) is 0 Å². The molecule has 2 heterocycles. The van der Waals surface area contributed by atoms with Gasteiger partial charge in [0, 0.05) is 19.3 Å². The molecule has 1 aromatic heterocycles. The summed E-state index contributed by atoms with van der Waals surface area (Å²) >= 11 is 3.29. The van der Waals surface area contributed by atoms with E-state index in [0.717, 1.165) is 19.6 Å². The summed E-state index contributed by atoms with van der Waals surface area (Å²) in [5.74, 6) is 0. The van der Waals surface area contributed by atoms with Gasteiger partial charge >= 0.3 is 5.69 Å². The van der Waals surface area contributed by atoms with Crippen molar-refractivity contribution in [2.75, 3.05) is 31.5 Å². The Hall–Kier alpha value is -1.21. The average Bonchev–Trinajstić information content (AvgIpc) is 2.84. The van der Waals surface area contributed by atoms with Gasteiger partial charge in [-0.05, 0) is 41.9 Å². The van der Waals surface area contributed by atoms with E-state index in [4.69, 9.17) is 0 Å². The Morgan fingerprint density at radius 3 is 2.83 bits per heavy atom. The normalized spacial score (nSPS) is 15.8. The minimum Gasteiger partial charge on any atom is -0.377 e. The van der Waals surface area contributed by atoms with E-state index in [1.54, 1.807) is 6.20 Å². The first-order valence-corrected chi connectivity index (χ1v) is 6.72. The van der Waals surface area contributed by atoms with Crippen molar-refractivity contribution in [3.05, 3.63) is 27.0 Å². The second kappa shape index (κ2) is 6.10. The second-order valence-electron chi connectivity index (χ2n) is 4.25. The molecule has 1 fully saturated rings. The Morgan fingerprint density at radius 2 is 2.17 bits per heavy atom. The van der Waals surface area contributed by atoms with E-state index in [2.05, 4.69) is 31.1 Å². The molecule has 1 aliphatic rings. The SMILES string of the molecule is O=[N+]([O-])c1cncc(Br)c1NCCN1CCCC1. The molecule has 1 saturated heterocycles. The van der Waals surface area contributed by atoms with Gasteiger partial charge in [0.15, 0.2) is 0 Å². The molecule has 0 aliphatic carbocycles. The fourth-order valence-corrected chi connectivity index (χ4v) is 2.54. The van der Waals surface area contributed by atoms with Gasteiger partial charge in [0.1, 0.15) is 11.9 Å². The molecular weight excluding hydrogens is 300 g/mol. The molecule has 0 bridgehead atoms. The molecule has 1 aromatic rings. The molecule has 0 spiro atoms. The van der Waals surface area contributed by atoms with Crippen molar-refractivity contribution in [2.45, 2.75) is 12.8 Å². The van der Waals surface area contributed by atoms with Crippen LogP contribution in [-0.2, 0) is 0 Å². The molecule has 6 nitrogen and oxygen atoms in total. The lowest BCUT2D eigenvalue weighted by Crippen LogP contribution is -2.26. The topological polar surface area (TPSA) is 71.3 Å². The zero-order valence-electron chi connectivity index (χ0n) is 9.93. The van der Waals surface area contributed by atoms with E-state index in [0.29, 0.717) is 16.7 Å². The number of hydrogen-bond acceptors (Lipinski definition) is 5. The zero-order chi connectivity index (χ0) is 13.0. The zero-order valence-corrected chi connectivity index (χ0v) is 11.5. The molecule has 7 heteroatoms. The van der Waals surface area contributed by atoms with Crippen molar-refractivity contribution in [1.82, 2.24) is 9.88 Å². The number of anilines is 1. The van der Waals surface area contributed by atoms with Crippen molar-refractivity contribution in [3.8, 4) is 0 Å². The van der Waals surface area contributed by atoms with Crippen molar-refractivity contribution in [1.29, 1.82) is 0 Å². The highest BCUT2D eigenvalue weighted by atomic mass is 79.9. The Kier molecular flexibility index (Phi) is 4.48. The van der Waals surface area contributed by atoms with Crippen molar-refractivity contribution >= 4 is 27.3 Å². The van der Waals surface area contributed by atoms with Crippen LogP contribution in [0.4, 0.5) is 11.4 Å². The molecule has 0 radical (unpaired) electrons. The molecule has 1 N–H and O–H groups in total. The Bertz CT molecular complexity index is 435. The summed E-state index contributed by atoms with van der Waals surface area (Å²) in [4.78, 5) is 16.6. The highest BCUT2D eigenvalue weighted by Crippen LogP contribution is 2.30. The fraction of sp³-hybridized carbons (Fsp3) is 0.545. The Labute approximate surface area is 114 Å². The quantitative estimate of drug-likeness (QED) is 0.666. The van der Waals surface area contributed by atoms with Crippen LogP contribution < -0.4 is 5.32 Å². The summed E-state index contributed by atoms with van der Waals surface area (Å²) < 4.78 is 0.623. The molecule has 2 rings (SSSR count). The van der Waals surface area contributed by atoms with Crippen LogP contribution in [0, 0.1) is 10.1 Å². The summed E-state index contributed by atoms with van der Waals surface area (Å²) in [6.07, 6.45) is 5.33. The molecule has 18 heavy (non-hydrogen) atoms. The summed E-state index contributed by atoms with van der Waals surface area (Å²) in [7, 11) is 0. The summed E-state index contributed by atoms with van der Waals surface area (Å²) in [5.41, 5.74) is 0.514. The molecular formula is C11H15BrN4O2. The van der Waals surface area contributed by atoms with E-state index in [1.165, 1.54) is 19.0 Å². The standard InChI is InChI=1S/C11H15BrN4O2/c12-9-7-13-8-10(16(17)18)11(9)14-3-6-15-4-1-2-5-15/h7-8H,1-6H2,(H,13,14). The van der Waals surface area contributed by atoms with Crippen LogP contribution in [0.2, 0.25) is 0 Å². The predicted octanol–water partition coefficient (Wildman–Crippen LogP) is 2.26. The van der Waals surface area contributed by atoms with Crippen LogP contribution in [-0.4, -0.2) is 41.0 Å². The summed E-state index contributed by atoms with van der Waals surface area (Å²) in [5, 5.41) is 14.0. The Balaban J connectivity index is 1.97. The number of aromatic nitrogens is 1. The van der Waals surface area contributed by atoms with Gasteiger partial charge in [-0.3, -0.25) is 15.1 Å². The lowest BCUT2D eigenvalue weighted by molar-refractivity contribution is -0.384. The molecule has 0 aromatic carbocycles. The van der Waals surface area contributed by atoms with E-state index in [-0.39, 0.29) is 5.69 Å². The van der Waals surface area contributed by atoms with Crippen molar-refractivity contribution < 1.29 is 4.92 Å². The van der Waals surface area contributed by atoms with Gasteiger partial charge in [0.25, 0.3) is 0 Å². The highest BCUT2D eigenvalue weighted by molar-refractivity contribution is 9.10. The second-order valence-corrected chi connectivity index (χ2v) is 5.10. The van der Waals surface area contributed by atoms with Crippen LogP contribution in [0.3, 0.4) is 0 Å². The monoisotopic (exact) mass is 314 g/mol. The smallest absolute Gasteiger partial charge is 0.311 e. The number of rotatable bonds is 5. The summed E-state index contributed by atoms with van der Waals surface area (Å²) in [6.45, 7) is 3.86. The average molecular weight is 315 g/mol. The number of likely N-dealkylation sites (tertiary alicyclic amines) is 1. The van der Waals surface area contributed by atoms with E-state index < -0.39 is 4.92 Å². The van der Waals surface area contributed by atoms with Crippen LogP contribution >= 0.6 is 15.9 Å². The molecule has 0 amide bonds. The largest absolute Gasteiger partial charge is 0.377 e. The third kappa shape index (κ3) is 3.17. The van der Waals surface area contributed by atoms with Gasteiger partial charge in [-0.25, -0.2) is 0 Å². The molecule has 0 saturated carbocycles. The van der Waals surface area contributed by atoms with Crippen LogP contribution in [0.5, 0.6) is 0 Å². The van der Waals surface area contributed by atoms with E-state index in [1.807, 2.05) is 0 Å². The van der Waals surface area contributed by atoms with Crippen LogP contribution in [0.15, 0.2) is 16.9 Å². The van der Waals surface area contributed by atoms with Gasteiger partial charge in [-0.2, -0.15) is 0 Å². The number of halogens is 1. The number of pyridine rings is 1. The molecule has 0 atom stereocenters. The predicted molar refractivity (Wildman–Crippen MR) is 72.8 cm³/mol. The first-order valence-electron chi connectivity index (χ1n) is 5.92. The molecule has 0 unspecified atom stereocenters. The van der Waals surface area contributed by atoms with Gasteiger partial charge < -0.3 is 10.2 Å². The maximum Gasteiger partial charge on any atom is 0.311 e. The maximum atomic E-state index is 10.9. The first-order chi connectivity index (χ1) is 8.68. The van der Waals surface area contributed by atoms with E-state index in [9.17, 15) is 10.1 Å². The van der Waals surface area contributed by atoms with Crippen molar-refractivity contribution in [2.24, 2.45) is 0 Å². The number of nitrogens with zero attached hydrogens (tertiary/aromatic N) is 3. The summed E-state index contributed by atoms with van der Waals surface area (Å²) in [6, 6.07) is 0. The van der Waals surface area contributed by atoms with Gasteiger partial charge in [0.2, 0.25) is 0 Å². The van der Waals surface area contributed by atoms with Gasteiger partial charge in [0.05, 0.1) is 9.40 Å². The molecule has 1 aliphatic heterocycles. The van der Waals surface area contributed by atoms with Gasteiger partial charge in [-0.1, -0.05) is 0 Å². The number of nitro groups is 1. The van der Waals surface area contributed by atoms with Crippen LogP contribution in [0.1, 0.15) is 12.8 Å². The first kappa shape index (κ1) is 13.2. The number of nitrogens with one attached hydrogen (secondary N) is 1.